The fourth-order valence-corrected chi connectivity index (χ4v) is 3.55. The molecule has 2 saturated heterocycles. The average molecular weight is 540 g/mol. The van der Waals surface area contributed by atoms with Crippen molar-refractivity contribution in [2.24, 2.45) is 0 Å². The van der Waals surface area contributed by atoms with Gasteiger partial charge < -0.3 is 70.0 Å². The van der Waals surface area contributed by atoms with Crippen molar-refractivity contribution in [3.8, 4) is 0 Å². The van der Waals surface area contributed by atoms with Gasteiger partial charge in [0.1, 0.15) is 49.3 Å². The van der Waals surface area contributed by atoms with Gasteiger partial charge in [0.05, 0.1) is 26.1 Å². The Hall–Kier alpha value is -1.03. The Bertz CT molecular complexity index is 781. The maximum atomic E-state index is 12.2. The standard InChI is InChI=1S/C18H28O17.Na.H/c19-3-6-10(24)12(26)13(27)15(33-6)35-18(14(28)11(25)7(4-20)34-18)5-32-9(23)2-17(31,16(29)30)1-8(21)22;;/h6-7,10-15,19-20,24-28,31H,1-5H2,(H,21,22)(H,29,30);;/t6-,7-,10-,11-,12+,13-,14+,15-,17?,18+;;/m1../s1. The second kappa shape index (κ2) is 13.2. The van der Waals surface area contributed by atoms with Crippen molar-refractivity contribution in [1.29, 1.82) is 0 Å². The van der Waals surface area contributed by atoms with Gasteiger partial charge in [0.25, 0.3) is 0 Å². The number of aliphatic hydroxyl groups is 8. The zero-order chi connectivity index (χ0) is 26.7. The van der Waals surface area contributed by atoms with Crippen molar-refractivity contribution in [1.82, 2.24) is 0 Å². The minimum absolute atomic E-state index is 0. The van der Waals surface area contributed by atoms with Crippen LogP contribution in [0.2, 0.25) is 0 Å². The number of rotatable bonds is 11. The van der Waals surface area contributed by atoms with Crippen LogP contribution in [0.15, 0.2) is 0 Å². The second-order valence-corrected chi connectivity index (χ2v) is 8.15. The Morgan fingerprint density at radius 1 is 0.861 bits per heavy atom. The summed E-state index contributed by atoms with van der Waals surface area (Å²) in [4.78, 5) is 34.3. The topological polar surface area (TPSA) is 290 Å². The molecule has 0 aromatic rings. The van der Waals surface area contributed by atoms with Crippen molar-refractivity contribution in [3.63, 3.8) is 0 Å². The molecule has 2 aliphatic heterocycles. The number of aliphatic carboxylic acids is 2. The van der Waals surface area contributed by atoms with Crippen LogP contribution in [0.4, 0.5) is 0 Å². The van der Waals surface area contributed by atoms with Gasteiger partial charge in [-0.1, -0.05) is 0 Å². The predicted octanol–water partition coefficient (Wildman–Crippen LogP) is -6.81. The summed E-state index contributed by atoms with van der Waals surface area (Å²) in [5.74, 6) is -7.92. The van der Waals surface area contributed by atoms with Crippen molar-refractivity contribution < 1.29 is 84.4 Å². The van der Waals surface area contributed by atoms with E-state index in [9.17, 15) is 55.2 Å². The van der Waals surface area contributed by atoms with Gasteiger partial charge in [-0.3, -0.25) is 9.59 Å². The average Bonchev–Trinajstić information content (AvgIpc) is 3.02. The van der Waals surface area contributed by atoms with Crippen LogP contribution < -0.4 is 0 Å². The first-order valence-corrected chi connectivity index (χ1v) is 10.2. The summed E-state index contributed by atoms with van der Waals surface area (Å²) >= 11 is 0. The summed E-state index contributed by atoms with van der Waals surface area (Å²) in [5.41, 5.74) is -3.06. The Balaban J connectivity index is 0.00000648. The van der Waals surface area contributed by atoms with Crippen LogP contribution in [-0.2, 0) is 33.3 Å². The first-order chi connectivity index (χ1) is 16.2. The summed E-state index contributed by atoms with van der Waals surface area (Å²) in [6.45, 7) is -2.92. The van der Waals surface area contributed by atoms with E-state index in [-0.39, 0.29) is 29.6 Å². The van der Waals surface area contributed by atoms with E-state index < -0.39 is 111 Å². The third kappa shape index (κ3) is 7.08. The van der Waals surface area contributed by atoms with Gasteiger partial charge in [-0.15, -0.1) is 0 Å². The number of hydrogen-bond acceptors (Lipinski definition) is 15. The molecule has 2 heterocycles. The molecule has 0 aromatic carbocycles. The van der Waals surface area contributed by atoms with E-state index in [0.717, 1.165) is 0 Å². The molecule has 1 unspecified atom stereocenters. The van der Waals surface area contributed by atoms with Crippen LogP contribution >= 0.6 is 0 Å². The van der Waals surface area contributed by atoms with Crippen molar-refractivity contribution in [2.75, 3.05) is 19.8 Å². The number of carbonyl (C=O) groups is 3. The molecule has 18 heteroatoms. The van der Waals surface area contributed by atoms with Crippen LogP contribution in [0.25, 0.3) is 0 Å². The Morgan fingerprint density at radius 2 is 1.44 bits per heavy atom. The summed E-state index contributed by atoms with van der Waals surface area (Å²) in [6, 6.07) is 0. The summed E-state index contributed by atoms with van der Waals surface area (Å²) < 4.78 is 20.6. The van der Waals surface area contributed by atoms with Gasteiger partial charge in [0.2, 0.25) is 5.79 Å². The van der Waals surface area contributed by atoms with Crippen LogP contribution in [-0.4, -0.2) is 179 Å². The third-order valence-electron chi connectivity index (χ3n) is 5.56. The predicted molar refractivity (Wildman–Crippen MR) is 109 cm³/mol. The van der Waals surface area contributed by atoms with E-state index in [2.05, 4.69) is 0 Å². The van der Waals surface area contributed by atoms with Crippen LogP contribution in [0.3, 0.4) is 0 Å². The number of carboxylic acids is 2. The molecule has 2 aliphatic rings. The van der Waals surface area contributed by atoms with E-state index >= 15 is 0 Å². The van der Waals surface area contributed by atoms with Crippen LogP contribution in [0.5, 0.6) is 0 Å². The van der Waals surface area contributed by atoms with E-state index in [1.807, 2.05) is 0 Å². The first kappa shape index (κ1) is 33.0. The van der Waals surface area contributed by atoms with E-state index in [0.29, 0.717) is 0 Å². The number of hydrogen-bond donors (Lipinski definition) is 10. The summed E-state index contributed by atoms with van der Waals surface area (Å²) in [7, 11) is 0. The maximum absolute atomic E-state index is 12.2. The number of ether oxygens (including phenoxy) is 4. The van der Waals surface area contributed by atoms with E-state index in [1.165, 1.54) is 0 Å². The zero-order valence-corrected chi connectivity index (χ0v) is 18.0. The molecule has 0 spiro atoms. The van der Waals surface area contributed by atoms with Gasteiger partial charge in [0.15, 0.2) is 11.9 Å². The normalized spacial score (nSPS) is 38.0. The van der Waals surface area contributed by atoms with Gasteiger partial charge in [0, 0.05) is 0 Å². The van der Waals surface area contributed by atoms with Gasteiger partial charge >= 0.3 is 47.5 Å². The molecule has 0 radical (unpaired) electrons. The number of aliphatic hydroxyl groups excluding tert-OH is 7. The molecule has 17 nitrogen and oxygen atoms in total. The van der Waals surface area contributed by atoms with Gasteiger partial charge in [-0.05, 0) is 0 Å². The molecule has 0 amide bonds. The van der Waals surface area contributed by atoms with Crippen molar-refractivity contribution in [2.45, 2.75) is 73.2 Å². The van der Waals surface area contributed by atoms with Crippen LogP contribution in [0, 0.1) is 0 Å². The molecular formula is C18H29NaO17. The summed E-state index contributed by atoms with van der Waals surface area (Å²) in [6.07, 6.45) is -17.4. The molecule has 204 valence electrons. The first-order valence-electron chi connectivity index (χ1n) is 10.2. The molecule has 0 bridgehead atoms. The Kier molecular flexibility index (Phi) is 12.1. The fourth-order valence-electron chi connectivity index (χ4n) is 3.55. The molecule has 10 atom stereocenters. The quantitative estimate of drug-likeness (QED) is 0.0860. The molecule has 0 aromatic heterocycles. The SMILES string of the molecule is O=C(O)CC(O)(CC(=O)OC[C@@]1(O[C@H]2O[C@H](CO)[C@@H](O)[C@H](O)[C@H]2O)O[C@H](CO)[C@@H](O)[C@@H]1O)C(=O)O.[NaH]. The number of esters is 1. The second-order valence-electron chi connectivity index (χ2n) is 8.15. The van der Waals surface area contributed by atoms with E-state index in [4.69, 9.17) is 29.2 Å². The molecule has 2 rings (SSSR count). The number of carboxylic acid groups (broad SMARTS) is 2. The Labute approximate surface area is 224 Å². The number of carbonyl (C=O) groups excluding carboxylic acids is 1. The van der Waals surface area contributed by atoms with Crippen molar-refractivity contribution in [3.05, 3.63) is 0 Å². The molecule has 2 fully saturated rings. The van der Waals surface area contributed by atoms with Gasteiger partial charge in [-0.25, -0.2) is 4.79 Å². The van der Waals surface area contributed by atoms with Crippen molar-refractivity contribution >= 4 is 47.5 Å². The fraction of sp³-hybridized carbons (Fsp3) is 0.833. The van der Waals surface area contributed by atoms with Crippen LogP contribution in [0.1, 0.15) is 12.8 Å². The van der Waals surface area contributed by atoms with E-state index in [1.54, 1.807) is 0 Å². The molecular weight excluding hydrogens is 511 g/mol. The Morgan fingerprint density at radius 3 is 1.92 bits per heavy atom. The van der Waals surface area contributed by atoms with Gasteiger partial charge in [-0.2, -0.15) is 0 Å². The molecule has 10 N–H and O–H groups in total. The minimum atomic E-state index is -3.06. The molecule has 0 aliphatic carbocycles. The molecule has 36 heavy (non-hydrogen) atoms. The summed E-state index contributed by atoms with van der Waals surface area (Å²) in [5, 5.41) is 97.1. The monoisotopic (exact) mass is 540 g/mol. The molecule has 0 saturated carbocycles. The third-order valence-corrected chi connectivity index (χ3v) is 5.56. The zero-order valence-electron chi connectivity index (χ0n) is 18.0.